The van der Waals surface area contributed by atoms with Crippen LogP contribution in [0.4, 0.5) is 0 Å². The van der Waals surface area contributed by atoms with E-state index in [9.17, 15) is 5.11 Å². The number of hydrogen-bond donors (Lipinski definition) is 2. The number of nitrogens with one attached hydrogen (secondary N) is 1. The molecule has 0 aromatic rings. The first-order chi connectivity index (χ1) is 5.12. The summed E-state index contributed by atoms with van der Waals surface area (Å²) in [7, 11) is 1.88. The standard InChI is InChI=1S/C8H19NO2/c1-4-8(2,10)7-11-6-5-9-3/h9-10H,4-7H2,1-3H3. The van der Waals surface area contributed by atoms with E-state index in [4.69, 9.17) is 4.74 Å². The Bertz CT molecular complexity index is 94.1. The quantitative estimate of drug-likeness (QED) is 0.553. The molecule has 1 unspecified atom stereocenters. The lowest BCUT2D eigenvalue weighted by atomic mass is 10.1. The second-order valence-corrected chi connectivity index (χ2v) is 3.01. The summed E-state index contributed by atoms with van der Waals surface area (Å²) in [5, 5.41) is 12.4. The molecule has 0 saturated carbocycles. The zero-order valence-electron chi connectivity index (χ0n) is 7.68. The molecule has 0 amide bonds. The summed E-state index contributed by atoms with van der Waals surface area (Å²) in [6.45, 7) is 5.64. The highest BCUT2D eigenvalue weighted by atomic mass is 16.5. The molecule has 0 heterocycles. The van der Waals surface area contributed by atoms with Gasteiger partial charge in [0.1, 0.15) is 0 Å². The van der Waals surface area contributed by atoms with Crippen molar-refractivity contribution in [1.29, 1.82) is 0 Å². The van der Waals surface area contributed by atoms with Gasteiger partial charge in [0.25, 0.3) is 0 Å². The minimum absolute atomic E-state index is 0.422. The van der Waals surface area contributed by atoms with Crippen molar-refractivity contribution in [3.8, 4) is 0 Å². The van der Waals surface area contributed by atoms with Crippen LogP contribution in [-0.2, 0) is 4.74 Å². The van der Waals surface area contributed by atoms with E-state index >= 15 is 0 Å². The SMILES string of the molecule is CCC(C)(O)COCCNC. The highest BCUT2D eigenvalue weighted by Gasteiger charge is 2.16. The van der Waals surface area contributed by atoms with Gasteiger partial charge in [0.2, 0.25) is 0 Å². The first-order valence-corrected chi connectivity index (χ1v) is 4.07. The molecule has 0 rings (SSSR count). The molecule has 0 aromatic heterocycles. The smallest absolute Gasteiger partial charge is 0.0849 e. The Kier molecular flexibility index (Phi) is 5.46. The maximum atomic E-state index is 9.48. The van der Waals surface area contributed by atoms with Gasteiger partial charge in [-0.2, -0.15) is 0 Å². The van der Waals surface area contributed by atoms with Crippen molar-refractivity contribution in [1.82, 2.24) is 5.32 Å². The summed E-state index contributed by atoms with van der Waals surface area (Å²) in [5.74, 6) is 0. The topological polar surface area (TPSA) is 41.5 Å². The Labute approximate surface area is 68.8 Å². The zero-order valence-corrected chi connectivity index (χ0v) is 7.68. The van der Waals surface area contributed by atoms with Gasteiger partial charge in [0.15, 0.2) is 0 Å². The van der Waals surface area contributed by atoms with Crippen LogP contribution in [0.5, 0.6) is 0 Å². The van der Waals surface area contributed by atoms with Gasteiger partial charge in [-0.15, -0.1) is 0 Å². The predicted octanol–water partition coefficient (Wildman–Crippen LogP) is 0.383. The molecular weight excluding hydrogens is 142 g/mol. The number of likely N-dealkylation sites (N-methyl/N-ethyl adjacent to an activating group) is 1. The van der Waals surface area contributed by atoms with Crippen LogP contribution in [0.15, 0.2) is 0 Å². The van der Waals surface area contributed by atoms with Gasteiger partial charge in [-0.3, -0.25) is 0 Å². The summed E-state index contributed by atoms with van der Waals surface area (Å²) >= 11 is 0. The second-order valence-electron chi connectivity index (χ2n) is 3.01. The molecule has 3 nitrogen and oxygen atoms in total. The molecule has 0 fully saturated rings. The Hall–Kier alpha value is -0.120. The Morgan fingerprint density at radius 2 is 2.18 bits per heavy atom. The lowest BCUT2D eigenvalue weighted by Gasteiger charge is -2.20. The molecule has 2 N–H and O–H groups in total. The Morgan fingerprint density at radius 3 is 2.64 bits per heavy atom. The van der Waals surface area contributed by atoms with Crippen LogP contribution in [0, 0.1) is 0 Å². The van der Waals surface area contributed by atoms with Gasteiger partial charge < -0.3 is 15.2 Å². The van der Waals surface area contributed by atoms with Gasteiger partial charge in [-0.1, -0.05) is 6.92 Å². The van der Waals surface area contributed by atoms with Gasteiger partial charge in [0.05, 0.1) is 18.8 Å². The summed E-state index contributed by atoms with van der Waals surface area (Å²) in [6.07, 6.45) is 0.729. The average Bonchev–Trinajstić information content (AvgIpc) is 1.99. The van der Waals surface area contributed by atoms with Gasteiger partial charge in [-0.25, -0.2) is 0 Å². The molecule has 11 heavy (non-hydrogen) atoms. The average molecular weight is 161 g/mol. The van der Waals surface area contributed by atoms with Crippen molar-refractivity contribution in [3.63, 3.8) is 0 Å². The van der Waals surface area contributed by atoms with E-state index < -0.39 is 5.60 Å². The normalized spacial score (nSPS) is 16.4. The van der Waals surface area contributed by atoms with Crippen LogP contribution in [0.25, 0.3) is 0 Å². The molecule has 0 aliphatic heterocycles. The predicted molar refractivity (Wildman–Crippen MR) is 45.7 cm³/mol. The van der Waals surface area contributed by atoms with Gasteiger partial charge in [0, 0.05) is 6.54 Å². The van der Waals surface area contributed by atoms with Crippen molar-refractivity contribution in [2.45, 2.75) is 25.9 Å². The number of aliphatic hydroxyl groups is 1. The molecule has 0 aromatic carbocycles. The summed E-state index contributed by atoms with van der Waals surface area (Å²) in [6, 6.07) is 0. The maximum Gasteiger partial charge on any atom is 0.0849 e. The number of rotatable bonds is 6. The van der Waals surface area contributed by atoms with Crippen LogP contribution in [0.2, 0.25) is 0 Å². The lowest BCUT2D eigenvalue weighted by molar-refractivity contribution is -0.0345. The Balaban J connectivity index is 3.23. The third kappa shape index (κ3) is 6.28. The van der Waals surface area contributed by atoms with E-state index in [2.05, 4.69) is 5.32 Å². The van der Waals surface area contributed by atoms with Crippen molar-refractivity contribution >= 4 is 0 Å². The minimum atomic E-state index is -0.659. The van der Waals surface area contributed by atoms with E-state index in [1.165, 1.54) is 0 Å². The third-order valence-corrected chi connectivity index (χ3v) is 1.67. The van der Waals surface area contributed by atoms with Crippen molar-refractivity contribution in [2.75, 3.05) is 26.8 Å². The first-order valence-electron chi connectivity index (χ1n) is 4.07. The minimum Gasteiger partial charge on any atom is -0.388 e. The van der Waals surface area contributed by atoms with Crippen molar-refractivity contribution in [2.24, 2.45) is 0 Å². The molecule has 0 aliphatic carbocycles. The van der Waals surface area contributed by atoms with Crippen LogP contribution in [-0.4, -0.2) is 37.5 Å². The van der Waals surface area contributed by atoms with Crippen LogP contribution in [0.1, 0.15) is 20.3 Å². The van der Waals surface area contributed by atoms with Crippen molar-refractivity contribution in [3.05, 3.63) is 0 Å². The van der Waals surface area contributed by atoms with Gasteiger partial charge >= 0.3 is 0 Å². The molecule has 0 bridgehead atoms. The van der Waals surface area contributed by atoms with E-state index in [-0.39, 0.29) is 0 Å². The fourth-order valence-corrected chi connectivity index (χ4v) is 0.568. The van der Waals surface area contributed by atoms with E-state index in [0.29, 0.717) is 13.2 Å². The van der Waals surface area contributed by atoms with Gasteiger partial charge in [-0.05, 0) is 20.4 Å². The highest BCUT2D eigenvalue weighted by Crippen LogP contribution is 2.07. The lowest BCUT2D eigenvalue weighted by Crippen LogP contribution is -2.30. The summed E-state index contributed by atoms with van der Waals surface area (Å²) in [5.41, 5.74) is -0.659. The molecular formula is C8H19NO2. The largest absolute Gasteiger partial charge is 0.388 e. The fraction of sp³-hybridized carbons (Fsp3) is 1.00. The van der Waals surface area contributed by atoms with E-state index in [1.807, 2.05) is 14.0 Å². The number of hydrogen-bond acceptors (Lipinski definition) is 3. The second kappa shape index (κ2) is 5.52. The monoisotopic (exact) mass is 161 g/mol. The molecule has 0 radical (unpaired) electrons. The van der Waals surface area contributed by atoms with Crippen LogP contribution in [0.3, 0.4) is 0 Å². The zero-order chi connectivity index (χ0) is 8.74. The molecule has 0 saturated heterocycles. The summed E-state index contributed by atoms with van der Waals surface area (Å²) < 4.78 is 5.22. The molecule has 68 valence electrons. The molecule has 1 atom stereocenters. The third-order valence-electron chi connectivity index (χ3n) is 1.67. The maximum absolute atomic E-state index is 9.48. The highest BCUT2D eigenvalue weighted by molar-refractivity contribution is 4.68. The van der Waals surface area contributed by atoms with Crippen molar-refractivity contribution < 1.29 is 9.84 Å². The van der Waals surface area contributed by atoms with E-state index in [0.717, 1.165) is 13.0 Å². The van der Waals surface area contributed by atoms with Crippen LogP contribution >= 0.6 is 0 Å². The first kappa shape index (κ1) is 10.9. The fourth-order valence-electron chi connectivity index (χ4n) is 0.568. The molecule has 0 spiro atoms. The van der Waals surface area contributed by atoms with E-state index in [1.54, 1.807) is 6.92 Å². The Morgan fingerprint density at radius 1 is 1.55 bits per heavy atom. The molecule has 0 aliphatic rings. The molecule has 3 heteroatoms. The van der Waals surface area contributed by atoms with Crippen LogP contribution < -0.4 is 5.32 Å². The number of ether oxygens (including phenoxy) is 1. The summed E-state index contributed by atoms with van der Waals surface area (Å²) in [4.78, 5) is 0.